The summed E-state index contributed by atoms with van der Waals surface area (Å²) >= 11 is 0. The number of hydrogen-bond acceptors (Lipinski definition) is 3. The van der Waals surface area contributed by atoms with Gasteiger partial charge in [0, 0.05) is 24.0 Å². The van der Waals surface area contributed by atoms with Crippen molar-refractivity contribution in [2.24, 2.45) is 34.6 Å². The van der Waals surface area contributed by atoms with Crippen LogP contribution in [0.1, 0.15) is 58.3 Å². The van der Waals surface area contributed by atoms with E-state index in [0.717, 1.165) is 44.4 Å². The average molecular weight is 329 g/mol. The first kappa shape index (κ1) is 17.4. The smallest absolute Gasteiger partial charge is 0.191 e. The third kappa shape index (κ3) is 3.81. The van der Waals surface area contributed by atoms with Gasteiger partial charge in [0.15, 0.2) is 5.90 Å². The van der Waals surface area contributed by atoms with Crippen LogP contribution >= 0.6 is 0 Å². The molecular weight excluding hydrogens is 298 g/mol. The molecule has 0 spiro atoms. The van der Waals surface area contributed by atoms with Crippen molar-refractivity contribution in [2.75, 3.05) is 0 Å². The Morgan fingerprint density at radius 3 is 2.54 bits per heavy atom. The number of carbonyl (C=O) groups excluding carboxylic acids is 1. The Bertz CT molecular complexity index is 520. The first-order chi connectivity index (χ1) is 11.6. The van der Waals surface area contributed by atoms with Crippen LogP contribution in [0.5, 0.6) is 0 Å². The highest BCUT2D eigenvalue weighted by molar-refractivity contribution is 5.86. The van der Waals surface area contributed by atoms with E-state index < -0.39 is 0 Å². The Kier molecular flexibility index (Phi) is 5.57. The number of hydrogen-bond donors (Lipinski definition) is 0. The van der Waals surface area contributed by atoms with Crippen molar-refractivity contribution < 1.29 is 9.53 Å². The molecule has 3 aliphatic rings. The number of rotatable bonds is 7. The van der Waals surface area contributed by atoms with Crippen LogP contribution in [-0.4, -0.2) is 17.8 Å². The number of nitrogens with zero attached hydrogens (tertiary/aromatic N) is 1. The molecule has 3 aliphatic carbocycles. The van der Waals surface area contributed by atoms with E-state index in [1.165, 1.54) is 12.8 Å². The van der Waals surface area contributed by atoms with E-state index in [9.17, 15) is 4.79 Å². The number of Topliss-reactive ketones (excluding diaryl/α,β-unsaturated/α-hetero) is 1. The molecule has 3 nitrogen and oxygen atoms in total. The van der Waals surface area contributed by atoms with Crippen LogP contribution < -0.4 is 0 Å². The highest BCUT2D eigenvalue weighted by atomic mass is 16.5. The minimum absolute atomic E-state index is 0.195. The van der Waals surface area contributed by atoms with Gasteiger partial charge in [-0.1, -0.05) is 19.6 Å². The number of aliphatic imine (C=N–C) groups is 1. The molecule has 0 radical (unpaired) electrons. The highest BCUT2D eigenvalue weighted by Crippen LogP contribution is 2.49. The molecule has 0 N–H and O–H groups in total. The standard InChI is InChI=1S/C21H31NO2/c1-4-6-14(3)21(22-5-2)24-18-12-11-15-7-10-17(13-18)19(15)20(23)16-8-9-16/h4-5,14-19H,1-2,6-13H2,3H3. The zero-order chi connectivity index (χ0) is 17.1. The van der Waals surface area contributed by atoms with Crippen molar-refractivity contribution in [3.8, 4) is 0 Å². The summed E-state index contributed by atoms with van der Waals surface area (Å²) in [4.78, 5) is 17.1. The molecule has 132 valence electrons. The summed E-state index contributed by atoms with van der Waals surface area (Å²) in [6, 6.07) is 0. The van der Waals surface area contributed by atoms with Gasteiger partial charge in [0.05, 0.1) is 0 Å². The topological polar surface area (TPSA) is 38.7 Å². The molecule has 3 rings (SSSR count). The van der Waals surface area contributed by atoms with Crippen LogP contribution in [0.15, 0.2) is 30.4 Å². The second-order valence-corrected chi connectivity index (χ2v) is 7.93. The fourth-order valence-corrected chi connectivity index (χ4v) is 4.71. The van der Waals surface area contributed by atoms with E-state index in [-0.39, 0.29) is 12.0 Å². The molecule has 0 heterocycles. The summed E-state index contributed by atoms with van der Waals surface area (Å²) in [5.41, 5.74) is 0. The maximum Gasteiger partial charge on any atom is 0.191 e. The minimum atomic E-state index is 0.195. The highest BCUT2D eigenvalue weighted by Gasteiger charge is 2.47. The maximum absolute atomic E-state index is 12.7. The van der Waals surface area contributed by atoms with E-state index in [0.29, 0.717) is 29.5 Å². The zero-order valence-electron chi connectivity index (χ0n) is 15.0. The number of fused-ring (bicyclic) bond motifs is 2. The van der Waals surface area contributed by atoms with Crippen LogP contribution in [0.3, 0.4) is 0 Å². The van der Waals surface area contributed by atoms with Gasteiger partial charge in [-0.05, 0) is 63.2 Å². The van der Waals surface area contributed by atoms with Gasteiger partial charge in [-0.2, -0.15) is 0 Å². The molecule has 5 atom stereocenters. The lowest BCUT2D eigenvalue weighted by Crippen LogP contribution is -2.27. The van der Waals surface area contributed by atoms with Crippen LogP contribution in [0.2, 0.25) is 0 Å². The third-order valence-electron chi connectivity index (χ3n) is 6.11. The van der Waals surface area contributed by atoms with Crippen molar-refractivity contribution >= 4 is 11.7 Å². The summed E-state index contributed by atoms with van der Waals surface area (Å²) < 4.78 is 6.30. The average Bonchev–Trinajstić information content (AvgIpc) is 3.33. The lowest BCUT2D eigenvalue weighted by molar-refractivity contribution is -0.126. The van der Waals surface area contributed by atoms with Crippen molar-refractivity contribution in [1.29, 1.82) is 0 Å². The first-order valence-corrected chi connectivity index (χ1v) is 9.63. The molecule has 0 aromatic carbocycles. The van der Waals surface area contributed by atoms with Crippen LogP contribution in [-0.2, 0) is 9.53 Å². The number of allylic oxidation sites excluding steroid dienone is 1. The number of ketones is 1. The van der Waals surface area contributed by atoms with Crippen molar-refractivity contribution in [3.63, 3.8) is 0 Å². The molecule has 3 saturated carbocycles. The van der Waals surface area contributed by atoms with Gasteiger partial charge in [-0.3, -0.25) is 4.79 Å². The lowest BCUT2D eigenvalue weighted by Gasteiger charge is -2.25. The van der Waals surface area contributed by atoms with Crippen LogP contribution in [0.25, 0.3) is 0 Å². The summed E-state index contributed by atoms with van der Waals surface area (Å²) in [5.74, 6) is 3.40. The Morgan fingerprint density at radius 1 is 1.17 bits per heavy atom. The molecular formula is C21H31NO2. The Morgan fingerprint density at radius 2 is 1.88 bits per heavy atom. The van der Waals surface area contributed by atoms with Gasteiger partial charge >= 0.3 is 0 Å². The molecule has 2 bridgehead atoms. The first-order valence-electron chi connectivity index (χ1n) is 9.63. The Balaban J connectivity index is 1.66. The second kappa shape index (κ2) is 7.67. The predicted octanol–water partition coefficient (Wildman–Crippen LogP) is 4.93. The van der Waals surface area contributed by atoms with Crippen molar-refractivity contribution in [2.45, 2.75) is 64.4 Å². The molecule has 0 amide bonds. The molecule has 5 unspecified atom stereocenters. The summed E-state index contributed by atoms with van der Waals surface area (Å²) in [6.45, 7) is 9.65. The summed E-state index contributed by atoms with van der Waals surface area (Å²) in [5, 5.41) is 0. The molecule has 24 heavy (non-hydrogen) atoms. The molecule has 0 aromatic rings. The Labute approximate surface area is 146 Å². The summed E-state index contributed by atoms with van der Waals surface area (Å²) in [6.07, 6.45) is 12.4. The van der Waals surface area contributed by atoms with E-state index >= 15 is 0 Å². The molecule has 0 aromatic heterocycles. The number of carbonyl (C=O) groups is 1. The quantitative estimate of drug-likeness (QED) is 0.377. The normalized spacial score (nSPS) is 34.3. The largest absolute Gasteiger partial charge is 0.477 e. The monoisotopic (exact) mass is 329 g/mol. The van der Waals surface area contributed by atoms with Gasteiger partial charge in [0.1, 0.15) is 11.9 Å². The zero-order valence-corrected chi connectivity index (χ0v) is 15.0. The van der Waals surface area contributed by atoms with Gasteiger partial charge < -0.3 is 4.74 Å². The van der Waals surface area contributed by atoms with Gasteiger partial charge in [0.2, 0.25) is 0 Å². The summed E-state index contributed by atoms with van der Waals surface area (Å²) in [7, 11) is 0. The predicted molar refractivity (Wildman–Crippen MR) is 97.8 cm³/mol. The lowest BCUT2D eigenvalue weighted by atomic mass is 9.83. The number of ether oxygens (including phenoxy) is 1. The fraction of sp³-hybridized carbons (Fsp3) is 0.714. The van der Waals surface area contributed by atoms with Gasteiger partial charge in [-0.25, -0.2) is 4.99 Å². The second-order valence-electron chi connectivity index (χ2n) is 7.93. The van der Waals surface area contributed by atoms with E-state index in [1.807, 2.05) is 6.08 Å². The van der Waals surface area contributed by atoms with Crippen molar-refractivity contribution in [3.05, 3.63) is 25.4 Å². The van der Waals surface area contributed by atoms with Crippen LogP contribution in [0, 0.1) is 29.6 Å². The third-order valence-corrected chi connectivity index (χ3v) is 6.11. The van der Waals surface area contributed by atoms with E-state index in [4.69, 9.17) is 4.74 Å². The van der Waals surface area contributed by atoms with E-state index in [1.54, 1.807) is 6.20 Å². The van der Waals surface area contributed by atoms with Gasteiger partial charge in [-0.15, -0.1) is 6.58 Å². The molecule has 0 saturated heterocycles. The van der Waals surface area contributed by atoms with E-state index in [2.05, 4.69) is 25.1 Å². The SMILES string of the molecule is C=CCC(C)C(=NC=C)OC1CCC2CCC(C1)C2C(=O)C1CC1. The minimum Gasteiger partial charge on any atom is -0.477 e. The van der Waals surface area contributed by atoms with Crippen molar-refractivity contribution in [1.82, 2.24) is 0 Å². The maximum atomic E-state index is 12.7. The van der Waals surface area contributed by atoms with Gasteiger partial charge in [0.25, 0.3) is 0 Å². The van der Waals surface area contributed by atoms with Crippen LogP contribution in [0.4, 0.5) is 0 Å². The molecule has 0 aliphatic heterocycles. The molecule has 3 fully saturated rings. The molecule has 3 heteroatoms. The Hall–Kier alpha value is -1.38. The fourth-order valence-electron chi connectivity index (χ4n) is 4.71.